The number of fused-ring (bicyclic) bond motifs is 1. The molecular formula is C27H28N4O3. The first-order chi connectivity index (χ1) is 16.8. The summed E-state index contributed by atoms with van der Waals surface area (Å²) in [5.41, 5.74) is 10.8. The van der Waals surface area contributed by atoms with E-state index in [1.807, 2.05) is 18.2 Å². The summed E-state index contributed by atoms with van der Waals surface area (Å²) in [6, 6.07) is 16.8. The highest BCUT2D eigenvalue weighted by molar-refractivity contribution is 6.01. The Morgan fingerprint density at radius 3 is 2.35 bits per heavy atom. The van der Waals surface area contributed by atoms with Crippen molar-refractivity contribution >= 4 is 16.6 Å². The van der Waals surface area contributed by atoms with E-state index in [2.05, 4.69) is 38.8 Å². The topological polar surface area (TPSA) is 84.4 Å². The molecule has 2 aliphatic rings. The number of hydrogen-bond acceptors (Lipinski definition) is 6. The average molecular weight is 457 g/mol. The first-order valence-corrected chi connectivity index (χ1v) is 12.0. The first-order valence-electron chi connectivity index (χ1n) is 12.0. The lowest BCUT2D eigenvalue weighted by atomic mass is 9.92. The zero-order valence-electron chi connectivity index (χ0n) is 19.0. The van der Waals surface area contributed by atoms with E-state index < -0.39 is 0 Å². The zero-order valence-corrected chi connectivity index (χ0v) is 19.0. The van der Waals surface area contributed by atoms with Crippen LogP contribution >= 0.6 is 0 Å². The molecule has 0 atom stereocenters. The summed E-state index contributed by atoms with van der Waals surface area (Å²) in [5.74, 6) is 1.59. The fraction of sp³-hybridized carbons (Fsp3) is 0.333. The zero-order chi connectivity index (χ0) is 22.9. The molecule has 2 aromatic carbocycles. The predicted molar refractivity (Wildman–Crippen MR) is 131 cm³/mol. The van der Waals surface area contributed by atoms with E-state index in [9.17, 15) is 0 Å². The fourth-order valence-corrected chi connectivity index (χ4v) is 4.82. The number of nitrogen functional groups attached to an aromatic ring is 1. The molecule has 0 radical (unpaired) electrons. The smallest absolute Gasteiger partial charge is 0.321 e. The van der Waals surface area contributed by atoms with Crippen molar-refractivity contribution in [2.24, 2.45) is 0 Å². The van der Waals surface area contributed by atoms with E-state index >= 15 is 0 Å². The van der Waals surface area contributed by atoms with E-state index in [1.165, 1.54) is 6.42 Å². The first kappa shape index (κ1) is 21.0. The Balaban J connectivity index is 1.36. The molecule has 2 N–H and O–H groups in total. The van der Waals surface area contributed by atoms with Gasteiger partial charge in [0.05, 0.1) is 30.1 Å². The summed E-state index contributed by atoms with van der Waals surface area (Å²) in [4.78, 5) is 8.25. The molecule has 0 bridgehead atoms. The van der Waals surface area contributed by atoms with Crippen molar-refractivity contribution in [3.05, 3.63) is 60.9 Å². The minimum atomic E-state index is 0.205. The van der Waals surface area contributed by atoms with Crippen LogP contribution in [0.3, 0.4) is 0 Å². The van der Waals surface area contributed by atoms with E-state index in [0.29, 0.717) is 17.8 Å². The van der Waals surface area contributed by atoms with Crippen LogP contribution in [0.15, 0.2) is 60.9 Å². The number of hydrogen-bond donors (Lipinski definition) is 1. The van der Waals surface area contributed by atoms with Crippen LogP contribution in [-0.2, 0) is 4.74 Å². The van der Waals surface area contributed by atoms with E-state index in [4.69, 9.17) is 19.9 Å². The molecule has 7 nitrogen and oxygen atoms in total. The third-order valence-electron chi connectivity index (χ3n) is 6.80. The van der Waals surface area contributed by atoms with Gasteiger partial charge < -0.3 is 24.5 Å². The summed E-state index contributed by atoms with van der Waals surface area (Å²) in [6.45, 7) is 1.52. The molecule has 4 aromatic rings. The molecule has 1 aliphatic carbocycles. The number of aromatic nitrogens is 3. The monoisotopic (exact) mass is 456 g/mol. The van der Waals surface area contributed by atoms with Gasteiger partial charge in [-0.25, -0.2) is 9.97 Å². The molecule has 1 saturated carbocycles. The van der Waals surface area contributed by atoms with Crippen LogP contribution in [0.2, 0.25) is 0 Å². The van der Waals surface area contributed by atoms with Crippen molar-refractivity contribution in [2.45, 2.75) is 44.2 Å². The molecule has 1 saturated heterocycles. The molecule has 174 valence electrons. The summed E-state index contributed by atoms with van der Waals surface area (Å²) in [6.07, 6.45) is 8.95. The summed E-state index contributed by atoms with van der Waals surface area (Å²) < 4.78 is 20.0. The van der Waals surface area contributed by atoms with Gasteiger partial charge in [0.15, 0.2) is 0 Å². The van der Waals surface area contributed by atoms with Crippen LogP contribution in [0, 0.1) is 0 Å². The van der Waals surface area contributed by atoms with Crippen LogP contribution in [0.25, 0.3) is 22.2 Å². The quantitative estimate of drug-likeness (QED) is 0.397. The normalized spacial score (nSPS) is 16.9. The minimum absolute atomic E-state index is 0.205. The van der Waals surface area contributed by atoms with Crippen molar-refractivity contribution in [3.63, 3.8) is 0 Å². The molecule has 2 fully saturated rings. The van der Waals surface area contributed by atoms with Crippen molar-refractivity contribution < 1.29 is 14.2 Å². The van der Waals surface area contributed by atoms with Crippen LogP contribution in [0.1, 0.15) is 38.1 Å². The van der Waals surface area contributed by atoms with E-state index in [1.54, 1.807) is 18.5 Å². The SMILES string of the molecule is Nc1c(-c2ccc(Oc3ncccn3)cc2)n(C2CCC2)c2cc(OC3CCOCC3)ccc12. The lowest BCUT2D eigenvalue weighted by molar-refractivity contribution is 0.0256. The van der Waals surface area contributed by atoms with Gasteiger partial charge in [-0.3, -0.25) is 0 Å². The third-order valence-corrected chi connectivity index (χ3v) is 6.80. The Kier molecular flexibility index (Phi) is 5.55. The number of benzene rings is 2. The second-order valence-electron chi connectivity index (χ2n) is 8.98. The molecule has 0 unspecified atom stereocenters. The standard InChI is InChI=1S/C27H28N4O3/c28-25-23-10-9-22(33-21-11-15-32-16-12-21)17-24(23)31(19-3-1-4-19)26(25)18-5-7-20(8-6-18)34-27-29-13-2-14-30-27/h2,5-10,13-14,17,19,21H,1,3-4,11-12,15-16,28H2. The van der Waals surface area contributed by atoms with Gasteiger partial charge in [-0.15, -0.1) is 0 Å². The van der Waals surface area contributed by atoms with E-state index in [-0.39, 0.29) is 6.10 Å². The van der Waals surface area contributed by atoms with Crippen molar-refractivity contribution in [2.75, 3.05) is 18.9 Å². The lowest BCUT2D eigenvalue weighted by Crippen LogP contribution is -2.25. The second-order valence-corrected chi connectivity index (χ2v) is 8.98. The molecule has 0 spiro atoms. The Hall–Kier alpha value is -3.58. The molecule has 2 aromatic heterocycles. The van der Waals surface area contributed by atoms with Gasteiger partial charge in [-0.1, -0.05) is 0 Å². The highest BCUT2D eigenvalue weighted by Crippen LogP contribution is 2.45. The van der Waals surface area contributed by atoms with Crippen LogP contribution in [-0.4, -0.2) is 33.9 Å². The second kappa shape index (κ2) is 8.99. The molecular weight excluding hydrogens is 428 g/mol. The molecule has 0 amide bonds. The summed E-state index contributed by atoms with van der Waals surface area (Å²) in [7, 11) is 0. The van der Waals surface area contributed by atoms with Crippen LogP contribution in [0.5, 0.6) is 17.5 Å². The maximum absolute atomic E-state index is 6.75. The van der Waals surface area contributed by atoms with Gasteiger partial charge in [0, 0.05) is 48.3 Å². The Morgan fingerprint density at radius 2 is 1.65 bits per heavy atom. The minimum Gasteiger partial charge on any atom is -0.490 e. The Bertz CT molecular complexity index is 1280. The highest BCUT2D eigenvalue weighted by Gasteiger charge is 2.27. The number of anilines is 1. The predicted octanol–water partition coefficient (Wildman–Crippen LogP) is 5.76. The number of ether oxygens (including phenoxy) is 3. The van der Waals surface area contributed by atoms with Gasteiger partial charge >= 0.3 is 6.01 Å². The van der Waals surface area contributed by atoms with Gasteiger partial charge in [0.25, 0.3) is 0 Å². The fourth-order valence-electron chi connectivity index (χ4n) is 4.82. The van der Waals surface area contributed by atoms with Crippen LogP contribution in [0.4, 0.5) is 5.69 Å². The third kappa shape index (κ3) is 3.96. The number of nitrogens with zero attached hydrogens (tertiary/aromatic N) is 3. The Morgan fingerprint density at radius 1 is 0.912 bits per heavy atom. The van der Waals surface area contributed by atoms with Crippen molar-refractivity contribution in [3.8, 4) is 28.8 Å². The molecule has 7 heteroatoms. The largest absolute Gasteiger partial charge is 0.490 e. The van der Waals surface area contributed by atoms with Gasteiger partial charge in [-0.2, -0.15) is 0 Å². The average Bonchev–Trinajstić information content (AvgIpc) is 3.11. The van der Waals surface area contributed by atoms with Gasteiger partial charge in [-0.05, 0) is 61.7 Å². The highest BCUT2D eigenvalue weighted by atomic mass is 16.5. The maximum atomic E-state index is 6.75. The van der Waals surface area contributed by atoms with E-state index in [0.717, 1.165) is 72.5 Å². The maximum Gasteiger partial charge on any atom is 0.321 e. The molecule has 34 heavy (non-hydrogen) atoms. The van der Waals surface area contributed by atoms with Crippen LogP contribution < -0.4 is 15.2 Å². The summed E-state index contributed by atoms with van der Waals surface area (Å²) in [5, 5.41) is 1.07. The molecule has 6 rings (SSSR count). The molecule has 1 aliphatic heterocycles. The lowest BCUT2D eigenvalue weighted by Gasteiger charge is -2.30. The van der Waals surface area contributed by atoms with Crippen molar-refractivity contribution in [1.29, 1.82) is 0 Å². The summed E-state index contributed by atoms with van der Waals surface area (Å²) >= 11 is 0. The van der Waals surface area contributed by atoms with Gasteiger partial charge in [0.1, 0.15) is 17.6 Å². The van der Waals surface area contributed by atoms with Gasteiger partial charge in [0.2, 0.25) is 0 Å². The van der Waals surface area contributed by atoms with Crippen molar-refractivity contribution in [1.82, 2.24) is 14.5 Å². The number of nitrogens with two attached hydrogens (primary N) is 1. The molecule has 3 heterocycles. The Labute approximate surface area is 198 Å². The number of rotatable bonds is 6.